The van der Waals surface area contributed by atoms with E-state index in [9.17, 15) is 4.79 Å². The van der Waals surface area contributed by atoms with Crippen molar-refractivity contribution in [2.24, 2.45) is 0 Å². The fraction of sp³-hybridized carbons (Fsp3) is 0.278. The van der Waals surface area contributed by atoms with Crippen molar-refractivity contribution in [2.75, 3.05) is 5.32 Å². The van der Waals surface area contributed by atoms with Gasteiger partial charge in [-0.05, 0) is 47.3 Å². The summed E-state index contributed by atoms with van der Waals surface area (Å²) in [5, 5.41) is 12.0. The lowest BCUT2D eigenvalue weighted by molar-refractivity contribution is -0.116. The summed E-state index contributed by atoms with van der Waals surface area (Å²) in [7, 11) is 0. The highest BCUT2D eigenvalue weighted by Crippen LogP contribution is 2.23. The molecule has 25 heavy (non-hydrogen) atoms. The highest BCUT2D eigenvalue weighted by Gasteiger charge is 2.12. The Morgan fingerprint density at radius 3 is 2.92 bits per heavy atom. The van der Waals surface area contributed by atoms with Gasteiger partial charge in [0.2, 0.25) is 5.91 Å². The highest BCUT2D eigenvalue weighted by molar-refractivity contribution is 7.71. The van der Waals surface area contributed by atoms with Crippen molar-refractivity contribution in [3.8, 4) is 10.7 Å². The zero-order valence-corrected chi connectivity index (χ0v) is 15.8. The monoisotopic (exact) mass is 372 g/mol. The molecule has 0 unspecified atom stereocenters. The van der Waals surface area contributed by atoms with Crippen LogP contribution < -0.4 is 5.32 Å². The molecule has 2 N–H and O–H groups in total. The van der Waals surface area contributed by atoms with Crippen LogP contribution in [0.1, 0.15) is 31.7 Å². The van der Waals surface area contributed by atoms with Gasteiger partial charge in [-0.15, -0.1) is 11.3 Å². The van der Waals surface area contributed by atoms with E-state index in [0.717, 1.165) is 16.4 Å². The Balaban J connectivity index is 1.67. The normalized spacial score (nSPS) is 11.0. The maximum absolute atomic E-state index is 12.3. The summed E-state index contributed by atoms with van der Waals surface area (Å²) in [6.45, 7) is 4.75. The smallest absolute Gasteiger partial charge is 0.226 e. The van der Waals surface area contributed by atoms with Crippen molar-refractivity contribution in [1.29, 1.82) is 0 Å². The van der Waals surface area contributed by atoms with Gasteiger partial charge >= 0.3 is 0 Å². The second-order valence-corrected chi connectivity index (χ2v) is 7.39. The number of aromatic nitrogens is 3. The third kappa shape index (κ3) is 4.24. The zero-order chi connectivity index (χ0) is 17.8. The number of amides is 1. The molecular formula is C18H20N4OS2. The van der Waals surface area contributed by atoms with Gasteiger partial charge in [-0.1, -0.05) is 32.0 Å². The Labute approximate surface area is 155 Å². The first-order chi connectivity index (χ1) is 12.0. The molecule has 5 nitrogen and oxygen atoms in total. The second kappa shape index (κ2) is 7.76. The van der Waals surface area contributed by atoms with Crippen LogP contribution in [0, 0.1) is 4.77 Å². The Morgan fingerprint density at radius 2 is 2.20 bits per heavy atom. The largest absolute Gasteiger partial charge is 0.326 e. The number of carbonyl (C=O) groups excluding carboxylic acids is 1. The van der Waals surface area contributed by atoms with Crippen molar-refractivity contribution in [1.82, 2.24) is 14.8 Å². The van der Waals surface area contributed by atoms with E-state index in [1.807, 2.05) is 40.3 Å². The van der Waals surface area contributed by atoms with Gasteiger partial charge in [0.1, 0.15) is 0 Å². The topological polar surface area (TPSA) is 62.7 Å². The lowest BCUT2D eigenvalue weighted by Crippen LogP contribution is -2.15. The fourth-order valence-corrected chi connectivity index (χ4v) is 3.48. The molecule has 7 heteroatoms. The Hall–Kier alpha value is -2.25. The van der Waals surface area contributed by atoms with Crippen molar-refractivity contribution in [2.45, 2.75) is 32.7 Å². The van der Waals surface area contributed by atoms with Crippen LogP contribution in [0.3, 0.4) is 0 Å². The minimum atomic E-state index is -0.0406. The van der Waals surface area contributed by atoms with Crippen LogP contribution in [0.4, 0.5) is 5.69 Å². The van der Waals surface area contributed by atoms with Gasteiger partial charge in [-0.3, -0.25) is 14.5 Å². The maximum Gasteiger partial charge on any atom is 0.226 e. The van der Waals surface area contributed by atoms with Crippen LogP contribution in [-0.2, 0) is 11.3 Å². The Morgan fingerprint density at radius 1 is 1.36 bits per heavy atom. The van der Waals surface area contributed by atoms with E-state index in [1.165, 1.54) is 5.56 Å². The first-order valence-corrected chi connectivity index (χ1v) is 9.42. The Kier molecular flexibility index (Phi) is 5.45. The number of nitrogens with one attached hydrogen (secondary N) is 2. The van der Waals surface area contributed by atoms with E-state index in [4.69, 9.17) is 12.2 Å². The summed E-state index contributed by atoms with van der Waals surface area (Å²) >= 11 is 6.89. The number of H-pyrrole nitrogens is 1. The van der Waals surface area contributed by atoms with E-state index >= 15 is 0 Å². The average molecular weight is 373 g/mol. The minimum absolute atomic E-state index is 0.0406. The van der Waals surface area contributed by atoms with Gasteiger partial charge in [0.15, 0.2) is 10.6 Å². The summed E-state index contributed by atoms with van der Waals surface area (Å²) in [5.74, 6) is 1.16. The molecule has 0 aliphatic rings. The summed E-state index contributed by atoms with van der Waals surface area (Å²) < 4.78 is 2.39. The summed E-state index contributed by atoms with van der Waals surface area (Å²) in [4.78, 5) is 13.3. The first-order valence-electron chi connectivity index (χ1n) is 8.13. The van der Waals surface area contributed by atoms with Gasteiger partial charge < -0.3 is 5.32 Å². The van der Waals surface area contributed by atoms with E-state index in [1.54, 1.807) is 11.3 Å². The van der Waals surface area contributed by atoms with Crippen molar-refractivity contribution in [3.05, 3.63) is 52.1 Å². The van der Waals surface area contributed by atoms with Crippen LogP contribution >= 0.6 is 23.6 Å². The maximum atomic E-state index is 12.3. The quantitative estimate of drug-likeness (QED) is 0.610. The molecule has 1 aromatic carbocycles. The SMILES string of the molecule is CC(C)c1cccc(NC(=O)CCn2c(-c3cccs3)n[nH]c2=S)c1. The number of anilines is 1. The van der Waals surface area contributed by atoms with Crippen molar-refractivity contribution >= 4 is 35.1 Å². The molecule has 0 bridgehead atoms. The van der Waals surface area contributed by atoms with E-state index < -0.39 is 0 Å². The van der Waals surface area contributed by atoms with Crippen LogP contribution in [0.5, 0.6) is 0 Å². The first kappa shape index (κ1) is 17.6. The molecule has 0 saturated heterocycles. The molecule has 0 saturated carbocycles. The Bertz CT molecular complexity index is 909. The van der Waals surface area contributed by atoms with Crippen LogP contribution in [0.15, 0.2) is 41.8 Å². The zero-order valence-electron chi connectivity index (χ0n) is 14.2. The van der Waals surface area contributed by atoms with Crippen LogP contribution in [-0.4, -0.2) is 20.7 Å². The van der Waals surface area contributed by atoms with Gasteiger partial charge in [-0.2, -0.15) is 5.10 Å². The van der Waals surface area contributed by atoms with E-state index in [0.29, 0.717) is 23.7 Å². The minimum Gasteiger partial charge on any atom is -0.326 e. The molecule has 0 aliphatic carbocycles. The number of hydrogen-bond donors (Lipinski definition) is 2. The van der Waals surface area contributed by atoms with Crippen molar-refractivity contribution in [3.63, 3.8) is 0 Å². The number of hydrogen-bond acceptors (Lipinski definition) is 4. The van der Waals surface area contributed by atoms with Gasteiger partial charge in [0, 0.05) is 18.7 Å². The molecule has 0 fully saturated rings. The number of rotatable bonds is 6. The number of carbonyl (C=O) groups is 1. The molecule has 0 radical (unpaired) electrons. The van der Waals surface area contributed by atoms with Crippen molar-refractivity contribution < 1.29 is 4.79 Å². The lowest BCUT2D eigenvalue weighted by Gasteiger charge is -2.10. The molecular weight excluding hydrogens is 352 g/mol. The standard InChI is InChI=1S/C18H20N4OS2/c1-12(2)13-5-3-6-14(11-13)19-16(23)8-9-22-17(20-21-18(22)24)15-7-4-10-25-15/h3-7,10-12H,8-9H2,1-2H3,(H,19,23)(H,21,24). The fourth-order valence-electron chi connectivity index (χ4n) is 2.53. The van der Waals surface area contributed by atoms with Gasteiger partial charge in [0.25, 0.3) is 0 Å². The molecule has 0 atom stereocenters. The molecule has 3 aromatic rings. The molecule has 2 heterocycles. The predicted molar refractivity (Wildman–Crippen MR) is 105 cm³/mol. The molecule has 0 spiro atoms. The van der Waals surface area contributed by atoms with Gasteiger partial charge in [-0.25, -0.2) is 0 Å². The molecule has 130 valence electrons. The number of aromatic amines is 1. The third-order valence-electron chi connectivity index (χ3n) is 3.90. The van der Waals surface area contributed by atoms with Crippen LogP contribution in [0.25, 0.3) is 10.7 Å². The summed E-state index contributed by atoms with van der Waals surface area (Å²) in [5.41, 5.74) is 2.03. The average Bonchev–Trinajstić information content (AvgIpc) is 3.22. The number of benzene rings is 1. The third-order valence-corrected chi connectivity index (χ3v) is 5.08. The predicted octanol–water partition coefficient (Wildman–Crippen LogP) is 4.82. The summed E-state index contributed by atoms with van der Waals surface area (Å²) in [6, 6.07) is 11.9. The molecule has 1 amide bonds. The number of thiophene rings is 1. The van der Waals surface area contributed by atoms with Gasteiger partial charge in [0.05, 0.1) is 4.88 Å². The number of nitrogens with zero attached hydrogens (tertiary/aromatic N) is 2. The molecule has 0 aliphatic heterocycles. The second-order valence-electron chi connectivity index (χ2n) is 6.06. The molecule has 3 rings (SSSR count). The van der Waals surface area contributed by atoms with E-state index in [-0.39, 0.29) is 5.91 Å². The lowest BCUT2D eigenvalue weighted by atomic mass is 10.0. The van der Waals surface area contributed by atoms with E-state index in [2.05, 4.69) is 35.4 Å². The molecule has 2 aromatic heterocycles. The van der Waals surface area contributed by atoms with Crippen LogP contribution in [0.2, 0.25) is 0 Å². The summed E-state index contributed by atoms with van der Waals surface area (Å²) in [6.07, 6.45) is 0.331. The highest BCUT2D eigenvalue weighted by atomic mass is 32.1.